The third-order valence-corrected chi connectivity index (χ3v) is 10.6. The number of hydrogen-bond donors (Lipinski definition) is 10. The number of allylic oxidation sites excluding steroid dienone is 1. The molecule has 0 heterocycles. The number of aliphatic imine (C=N–C) groups is 5. The Balaban J connectivity index is -0.0000000635. The Bertz CT molecular complexity index is 1960. The van der Waals surface area contributed by atoms with Gasteiger partial charge < -0.3 is 42.8 Å². The standard InChI is InChI=1S/9C10H22N2.9C2H6/c4*1-9(2,3)7-11-8-12-10(4,5)6;1-9(2,3)7-11-12-8-10(4,5)6;2*1-9(2,3)11-7-8-12-10(4,5)6;2*1-9(2,3)7-8-11-12-10(4,5)6;9*1-2/h3*8H,7H2,1-6H3,(H,11,12);3*7,12H,8H2,1-6H3;7-8,11-12H,1-6H3;7-8H2,1-6H3;7-8,11-12H,1-6H3;9*1-2H3/b;;;;11-7-;;8-7-;;8-7-;;;;;;;;;. The molecule has 10 N–H and O–H groups in total. The van der Waals surface area contributed by atoms with Crippen molar-refractivity contribution in [2.75, 3.05) is 45.9 Å². The van der Waals surface area contributed by atoms with Crippen molar-refractivity contribution < 1.29 is 0 Å². The summed E-state index contributed by atoms with van der Waals surface area (Å²) in [6, 6.07) is 0. The summed E-state index contributed by atoms with van der Waals surface area (Å²) in [5.74, 6) is 0. The van der Waals surface area contributed by atoms with Gasteiger partial charge in [0.1, 0.15) is 0 Å². The fourth-order valence-corrected chi connectivity index (χ4v) is 5.25. The summed E-state index contributed by atoms with van der Waals surface area (Å²) in [5, 5.41) is 35.2. The summed E-state index contributed by atoms with van der Waals surface area (Å²) in [4.78, 5) is 21.5. The molecule has 0 aromatic heterocycles. The number of nitrogens with zero attached hydrogens (tertiary/aromatic N) is 8. The van der Waals surface area contributed by atoms with Crippen LogP contribution in [0.5, 0.6) is 0 Å². The van der Waals surface area contributed by atoms with Gasteiger partial charge >= 0.3 is 0 Å². The van der Waals surface area contributed by atoms with E-state index in [0.717, 1.165) is 45.7 Å². The van der Waals surface area contributed by atoms with Gasteiger partial charge in [0.05, 0.1) is 43.3 Å². The van der Waals surface area contributed by atoms with E-state index >= 15 is 0 Å². The minimum Gasteiger partial charge on any atom is -0.385 e. The lowest BCUT2D eigenvalue weighted by molar-refractivity contribution is 0.378. The minimum absolute atomic E-state index is 0.0160. The van der Waals surface area contributed by atoms with Gasteiger partial charge in [0.15, 0.2) is 0 Å². The number of hydrogen-bond acceptors (Lipinski definition) is 15. The molecule has 0 saturated carbocycles. The van der Waals surface area contributed by atoms with Crippen LogP contribution in [0, 0.1) is 43.3 Å². The minimum atomic E-state index is -0.0160. The normalized spacial score (nSPS) is 12.3. The topological polar surface area (TPSA) is 219 Å². The van der Waals surface area contributed by atoms with Crippen LogP contribution >= 0.6 is 0 Å². The average Bonchev–Trinajstić information content (AvgIpc) is 0.990. The molecule has 18 heteroatoms. The molecule has 0 saturated heterocycles. The summed E-state index contributed by atoms with van der Waals surface area (Å²) in [6.07, 6.45) is 20.4. The lowest BCUT2D eigenvalue weighted by atomic mass is 9.93. The van der Waals surface area contributed by atoms with Crippen LogP contribution < -0.4 is 53.5 Å². The summed E-state index contributed by atoms with van der Waals surface area (Å²) in [7, 11) is 0. The second kappa shape index (κ2) is 88.5. The van der Waals surface area contributed by atoms with E-state index in [0.29, 0.717) is 17.5 Å². The molecule has 0 unspecified atom stereocenters. The Hall–Kier alpha value is -4.42. The van der Waals surface area contributed by atoms with Gasteiger partial charge in [-0.3, -0.25) is 30.3 Å². The molecule has 774 valence electrons. The maximum Gasteiger partial charge on any atom is 0.0884 e. The zero-order valence-corrected chi connectivity index (χ0v) is 101. The maximum absolute atomic E-state index is 4.37. The maximum atomic E-state index is 4.37. The Morgan fingerprint density at radius 3 is 0.754 bits per heavy atom. The Kier molecular flexibility index (Phi) is 116. The lowest BCUT2D eigenvalue weighted by Gasteiger charge is -2.21. The van der Waals surface area contributed by atoms with E-state index in [1.54, 1.807) is 0 Å². The van der Waals surface area contributed by atoms with Crippen LogP contribution in [-0.4, -0.2) is 139 Å². The SMILES string of the molecule is CC.CC.CC.CC.CC.CC.CC.CC.CC.CC(C)(C)/C=C\NNC(C)(C)C.CC(C)(C)/C=N\NCC(C)(C)C.CC(C)(C)C=NCNC(C)(C)C.CC(C)(C)CCN=NC(C)(C)C.CC(C)(C)CN=CNC(C)(C)C.CC(C)(C)CN=CNC(C)(C)C.CC(C)(C)CN=CNC(C)(C)C.CC(C)(C)N/C=C\NC(C)(C)C.CC(C)(C)N=CCNC(C)(C)C. The molecule has 0 spiro atoms. The quantitative estimate of drug-likeness (QED) is 0.0271. The van der Waals surface area contributed by atoms with E-state index in [1.165, 1.54) is 0 Å². The number of rotatable bonds is 18. The largest absolute Gasteiger partial charge is 0.385 e. The van der Waals surface area contributed by atoms with Gasteiger partial charge in [-0.05, 0) is 257 Å². The summed E-state index contributed by atoms with van der Waals surface area (Å²) in [6.45, 7) is 158. The van der Waals surface area contributed by atoms with Gasteiger partial charge in [0, 0.05) is 114 Å². The van der Waals surface area contributed by atoms with Crippen molar-refractivity contribution in [2.45, 2.75) is 560 Å². The third-order valence-electron chi connectivity index (χ3n) is 10.6. The Labute approximate surface area is 801 Å². The van der Waals surface area contributed by atoms with Gasteiger partial charge in [0.25, 0.3) is 0 Å². The molecule has 126 heavy (non-hydrogen) atoms. The van der Waals surface area contributed by atoms with Crippen molar-refractivity contribution in [3.8, 4) is 0 Å². The highest BCUT2D eigenvalue weighted by atomic mass is 15.4. The molecule has 0 aliphatic heterocycles. The van der Waals surface area contributed by atoms with Crippen molar-refractivity contribution in [3.63, 3.8) is 0 Å². The molecule has 18 nitrogen and oxygen atoms in total. The first-order chi connectivity index (χ1) is 55.9. The first-order valence-corrected chi connectivity index (χ1v) is 49.3. The van der Waals surface area contributed by atoms with Gasteiger partial charge in [-0.2, -0.15) is 15.3 Å². The van der Waals surface area contributed by atoms with Crippen molar-refractivity contribution in [1.29, 1.82) is 0 Å². The van der Waals surface area contributed by atoms with E-state index in [2.05, 4.69) is 474 Å². The Morgan fingerprint density at radius 2 is 0.548 bits per heavy atom. The molecule has 0 bridgehead atoms. The molecule has 0 aliphatic carbocycles. The van der Waals surface area contributed by atoms with Gasteiger partial charge in [0.2, 0.25) is 0 Å². The highest BCUT2D eigenvalue weighted by Crippen LogP contribution is 2.20. The highest BCUT2D eigenvalue weighted by Gasteiger charge is 2.17. The van der Waals surface area contributed by atoms with Crippen LogP contribution in [0.25, 0.3) is 0 Å². The summed E-state index contributed by atoms with van der Waals surface area (Å²) >= 11 is 0. The van der Waals surface area contributed by atoms with E-state index in [-0.39, 0.29) is 87.9 Å². The molecule has 0 atom stereocenters. The van der Waals surface area contributed by atoms with Crippen LogP contribution in [-0.2, 0) is 0 Å². The number of nitrogens with one attached hydrogen (secondary N) is 10. The van der Waals surface area contributed by atoms with E-state index in [9.17, 15) is 0 Å². The van der Waals surface area contributed by atoms with Crippen LogP contribution in [0.1, 0.15) is 505 Å². The van der Waals surface area contributed by atoms with Crippen molar-refractivity contribution >= 4 is 37.7 Å². The average molecular weight is 1800 g/mol. The van der Waals surface area contributed by atoms with Gasteiger partial charge in [-0.25, -0.2) is 5.43 Å². The number of hydrazone groups is 1. The highest BCUT2D eigenvalue weighted by molar-refractivity contribution is 5.64. The first-order valence-electron chi connectivity index (χ1n) is 49.3. The number of hydrazine groups is 1. The third kappa shape index (κ3) is 287. The van der Waals surface area contributed by atoms with E-state index in [4.69, 9.17) is 0 Å². The molecule has 0 aromatic rings. The van der Waals surface area contributed by atoms with Crippen molar-refractivity contribution in [2.24, 2.45) is 83.6 Å². The smallest absolute Gasteiger partial charge is 0.0884 e. The molecule has 0 amide bonds. The fourth-order valence-electron chi connectivity index (χ4n) is 5.25. The molecule has 0 aromatic carbocycles. The van der Waals surface area contributed by atoms with Crippen LogP contribution in [0.15, 0.2) is 65.0 Å². The molecular formula is C108H252N18. The molecular weight excluding hydrogens is 1550 g/mol. The van der Waals surface area contributed by atoms with E-state index in [1.807, 2.05) is 181 Å². The number of azo groups is 1. The molecule has 0 radical (unpaired) electrons. The predicted octanol–water partition coefficient (Wildman–Crippen LogP) is 32.3. The van der Waals surface area contributed by atoms with Gasteiger partial charge in [-0.15, -0.1) is 0 Å². The Morgan fingerprint density at radius 1 is 0.262 bits per heavy atom. The second-order valence-electron chi connectivity index (χ2n) is 48.0. The van der Waals surface area contributed by atoms with Crippen LogP contribution in [0.3, 0.4) is 0 Å². The van der Waals surface area contributed by atoms with Crippen LogP contribution in [0.4, 0.5) is 0 Å². The van der Waals surface area contributed by atoms with Crippen molar-refractivity contribution in [1.82, 2.24) is 53.5 Å². The van der Waals surface area contributed by atoms with E-state index < -0.39 is 0 Å². The molecule has 0 aliphatic rings. The summed E-state index contributed by atoms with van der Waals surface area (Å²) in [5.41, 5.74) is 12.6. The zero-order valence-electron chi connectivity index (χ0n) is 101. The predicted molar refractivity (Wildman–Crippen MR) is 599 cm³/mol. The molecule has 0 fully saturated rings. The van der Waals surface area contributed by atoms with Crippen LogP contribution in [0.2, 0.25) is 0 Å². The monoisotopic (exact) mass is 1800 g/mol. The van der Waals surface area contributed by atoms with Crippen molar-refractivity contribution in [3.05, 3.63) is 24.7 Å². The summed E-state index contributed by atoms with van der Waals surface area (Å²) < 4.78 is 0. The first kappa shape index (κ1) is 165. The molecule has 0 rings (SSSR count). The van der Waals surface area contributed by atoms with Gasteiger partial charge in [-0.1, -0.05) is 297 Å². The zero-order chi connectivity index (χ0) is 106. The fraction of sp³-hybridized carbons (Fsp3) is 0.907. The second-order valence-corrected chi connectivity index (χ2v) is 48.0. The lowest BCUT2D eigenvalue weighted by Crippen LogP contribution is -2.43.